The van der Waals surface area contributed by atoms with Crippen molar-refractivity contribution in [3.8, 4) is 11.1 Å². The van der Waals surface area contributed by atoms with Gasteiger partial charge in [-0.05, 0) is 26.0 Å². The number of nitrogens with one attached hydrogen (secondary N) is 1. The summed E-state index contributed by atoms with van der Waals surface area (Å²) in [5.41, 5.74) is 1.50. The van der Waals surface area contributed by atoms with Crippen LogP contribution in [0.2, 0.25) is 0 Å². The van der Waals surface area contributed by atoms with Crippen molar-refractivity contribution >= 4 is 5.97 Å². The Labute approximate surface area is 124 Å². The van der Waals surface area contributed by atoms with Gasteiger partial charge in [0.15, 0.2) is 0 Å². The highest BCUT2D eigenvalue weighted by atomic mass is 16.5. The Morgan fingerprint density at radius 1 is 1.33 bits per heavy atom. The molecule has 0 aliphatic rings. The molecule has 1 heterocycles. The lowest BCUT2D eigenvalue weighted by Gasteiger charge is -2.25. The third-order valence-electron chi connectivity index (χ3n) is 3.77. The first-order valence-electron chi connectivity index (χ1n) is 6.94. The quantitative estimate of drug-likeness (QED) is 0.827. The van der Waals surface area contributed by atoms with E-state index in [1.807, 2.05) is 54.3 Å². The monoisotopic (exact) mass is 287 g/mol. The summed E-state index contributed by atoms with van der Waals surface area (Å²) in [6.07, 6.45) is 4.43. The van der Waals surface area contributed by atoms with Crippen LogP contribution in [0.15, 0.2) is 42.7 Å². The van der Waals surface area contributed by atoms with Gasteiger partial charge in [-0.1, -0.05) is 30.3 Å². The number of carbonyl (C=O) groups excluding carboxylic acids is 1. The zero-order valence-corrected chi connectivity index (χ0v) is 12.7. The van der Waals surface area contributed by atoms with E-state index in [0.717, 1.165) is 11.1 Å². The molecule has 0 aliphatic carbocycles. The Balaban J connectivity index is 2.05. The van der Waals surface area contributed by atoms with Gasteiger partial charge in [0.2, 0.25) is 0 Å². The number of rotatable bonds is 6. The molecule has 1 unspecified atom stereocenters. The highest BCUT2D eigenvalue weighted by Gasteiger charge is 2.32. The number of ether oxygens (including phenoxy) is 1. The number of esters is 1. The second-order valence-electron chi connectivity index (χ2n) is 5.18. The average Bonchev–Trinajstić information content (AvgIpc) is 3.01. The van der Waals surface area contributed by atoms with Crippen molar-refractivity contribution in [1.29, 1.82) is 0 Å². The standard InChI is InChI=1S/C16H21N3O2/c1-16(17-2,15(20)21-3)9-10-19-12-14(11-18-19)13-7-5-4-6-8-13/h4-8,11-12,17H,9-10H2,1-3H3. The minimum Gasteiger partial charge on any atom is -0.468 e. The molecular weight excluding hydrogens is 266 g/mol. The third kappa shape index (κ3) is 3.49. The van der Waals surface area contributed by atoms with Crippen molar-refractivity contribution in [2.24, 2.45) is 0 Å². The summed E-state index contributed by atoms with van der Waals surface area (Å²) in [6.45, 7) is 2.47. The van der Waals surface area contributed by atoms with Crippen molar-refractivity contribution in [2.45, 2.75) is 25.4 Å². The maximum atomic E-state index is 11.8. The fourth-order valence-corrected chi connectivity index (χ4v) is 2.16. The summed E-state index contributed by atoms with van der Waals surface area (Å²) in [7, 11) is 3.16. The highest BCUT2D eigenvalue weighted by Crippen LogP contribution is 2.19. The summed E-state index contributed by atoms with van der Waals surface area (Å²) in [4.78, 5) is 11.8. The molecule has 21 heavy (non-hydrogen) atoms. The number of carbonyl (C=O) groups is 1. The zero-order chi connectivity index (χ0) is 15.3. The van der Waals surface area contributed by atoms with Crippen LogP contribution in [-0.2, 0) is 16.1 Å². The molecule has 0 amide bonds. The normalized spacial score (nSPS) is 13.7. The summed E-state index contributed by atoms with van der Waals surface area (Å²) in [5.74, 6) is -0.263. The Bertz CT molecular complexity index is 595. The van der Waals surface area contributed by atoms with E-state index in [4.69, 9.17) is 4.74 Å². The van der Waals surface area contributed by atoms with Gasteiger partial charge in [0.25, 0.3) is 0 Å². The van der Waals surface area contributed by atoms with Gasteiger partial charge in [-0.2, -0.15) is 5.10 Å². The van der Waals surface area contributed by atoms with E-state index >= 15 is 0 Å². The van der Waals surface area contributed by atoms with Crippen LogP contribution in [0.5, 0.6) is 0 Å². The van der Waals surface area contributed by atoms with Gasteiger partial charge < -0.3 is 10.1 Å². The molecule has 0 fully saturated rings. The van der Waals surface area contributed by atoms with E-state index in [1.165, 1.54) is 7.11 Å². The van der Waals surface area contributed by atoms with E-state index in [-0.39, 0.29) is 5.97 Å². The van der Waals surface area contributed by atoms with Crippen molar-refractivity contribution < 1.29 is 9.53 Å². The number of likely N-dealkylation sites (N-methyl/N-ethyl adjacent to an activating group) is 1. The summed E-state index contributed by atoms with van der Waals surface area (Å²) in [6, 6.07) is 10.1. The summed E-state index contributed by atoms with van der Waals surface area (Å²) in [5, 5.41) is 7.37. The Hall–Kier alpha value is -2.14. The lowest BCUT2D eigenvalue weighted by atomic mass is 9.98. The smallest absolute Gasteiger partial charge is 0.325 e. The van der Waals surface area contributed by atoms with Gasteiger partial charge in [-0.15, -0.1) is 0 Å². The Morgan fingerprint density at radius 2 is 2.05 bits per heavy atom. The number of hydrogen-bond donors (Lipinski definition) is 1. The van der Waals surface area contributed by atoms with Crippen LogP contribution in [0.3, 0.4) is 0 Å². The van der Waals surface area contributed by atoms with Crippen LogP contribution in [-0.4, -0.2) is 35.4 Å². The first-order chi connectivity index (χ1) is 10.1. The second kappa shape index (κ2) is 6.54. The molecule has 5 heteroatoms. The van der Waals surface area contributed by atoms with Crippen LogP contribution in [0.1, 0.15) is 13.3 Å². The summed E-state index contributed by atoms with van der Waals surface area (Å²) < 4.78 is 6.69. The molecule has 1 N–H and O–H groups in total. The topological polar surface area (TPSA) is 56.2 Å². The van der Waals surface area contributed by atoms with Gasteiger partial charge in [-0.3, -0.25) is 9.48 Å². The lowest BCUT2D eigenvalue weighted by Crippen LogP contribution is -2.49. The Kier molecular flexibility index (Phi) is 4.75. The minimum absolute atomic E-state index is 0.263. The van der Waals surface area contributed by atoms with Crippen molar-refractivity contribution in [1.82, 2.24) is 15.1 Å². The first kappa shape index (κ1) is 15.3. The zero-order valence-electron chi connectivity index (χ0n) is 12.7. The molecule has 2 aromatic rings. The average molecular weight is 287 g/mol. The van der Waals surface area contributed by atoms with Crippen LogP contribution in [0.4, 0.5) is 0 Å². The van der Waals surface area contributed by atoms with Gasteiger partial charge in [0.05, 0.1) is 13.3 Å². The molecule has 2 rings (SSSR count). The van der Waals surface area contributed by atoms with E-state index in [0.29, 0.717) is 13.0 Å². The van der Waals surface area contributed by atoms with Crippen molar-refractivity contribution in [3.05, 3.63) is 42.7 Å². The predicted molar refractivity (Wildman–Crippen MR) is 81.8 cm³/mol. The molecule has 0 spiro atoms. The number of benzene rings is 1. The second-order valence-corrected chi connectivity index (χ2v) is 5.18. The van der Waals surface area contributed by atoms with Gasteiger partial charge >= 0.3 is 5.97 Å². The van der Waals surface area contributed by atoms with Crippen LogP contribution >= 0.6 is 0 Å². The van der Waals surface area contributed by atoms with Gasteiger partial charge in [0.1, 0.15) is 5.54 Å². The summed E-state index contributed by atoms with van der Waals surface area (Å²) >= 11 is 0. The largest absolute Gasteiger partial charge is 0.468 e. The van der Waals surface area contributed by atoms with Crippen LogP contribution < -0.4 is 5.32 Å². The molecular formula is C16H21N3O2. The minimum atomic E-state index is -0.701. The van der Waals surface area contributed by atoms with Crippen molar-refractivity contribution in [3.63, 3.8) is 0 Å². The van der Waals surface area contributed by atoms with E-state index in [1.54, 1.807) is 7.05 Å². The predicted octanol–water partition coefficient (Wildman–Crippen LogP) is 2.09. The van der Waals surface area contributed by atoms with Gasteiger partial charge in [-0.25, -0.2) is 0 Å². The number of hydrogen-bond acceptors (Lipinski definition) is 4. The fraction of sp³-hybridized carbons (Fsp3) is 0.375. The van der Waals surface area contributed by atoms with E-state index in [9.17, 15) is 4.79 Å². The molecule has 1 aromatic carbocycles. The fourth-order valence-electron chi connectivity index (χ4n) is 2.16. The molecule has 0 bridgehead atoms. The van der Waals surface area contributed by atoms with Crippen LogP contribution in [0.25, 0.3) is 11.1 Å². The number of methoxy groups -OCH3 is 1. The molecule has 112 valence electrons. The van der Waals surface area contributed by atoms with Crippen LogP contribution in [0, 0.1) is 0 Å². The van der Waals surface area contributed by atoms with E-state index in [2.05, 4.69) is 10.4 Å². The molecule has 1 atom stereocenters. The maximum Gasteiger partial charge on any atom is 0.325 e. The number of nitrogens with zero attached hydrogens (tertiary/aromatic N) is 2. The SMILES string of the molecule is CNC(C)(CCn1cc(-c2ccccc2)cn1)C(=O)OC. The molecule has 0 radical (unpaired) electrons. The number of aromatic nitrogens is 2. The van der Waals surface area contributed by atoms with Crippen molar-refractivity contribution in [2.75, 3.05) is 14.2 Å². The highest BCUT2D eigenvalue weighted by molar-refractivity contribution is 5.80. The molecule has 0 aliphatic heterocycles. The maximum absolute atomic E-state index is 11.8. The molecule has 0 saturated carbocycles. The number of aryl methyl sites for hydroxylation is 1. The lowest BCUT2D eigenvalue weighted by molar-refractivity contribution is -0.148. The molecule has 1 aromatic heterocycles. The molecule has 5 nitrogen and oxygen atoms in total. The van der Waals surface area contributed by atoms with E-state index < -0.39 is 5.54 Å². The van der Waals surface area contributed by atoms with Gasteiger partial charge in [0, 0.05) is 18.3 Å². The first-order valence-corrected chi connectivity index (χ1v) is 6.94. The molecule has 0 saturated heterocycles. The third-order valence-corrected chi connectivity index (χ3v) is 3.77. The Morgan fingerprint density at radius 3 is 2.67 bits per heavy atom.